The quantitative estimate of drug-likeness (QED) is 0.790. The molecule has 5 heteroatoms. The Hall–Kier alpha value is -1.78. The minimum atomic E-state index is -0.512. The lowest BCUT2D eigenvalue weighted by Crippen LogP contribution is -2.31. The van der Waals surface area contributed by atoms with E-state index in [0.717, 1.165) is 5.56 Å². The number of hydrogen-bond donors (Lipinski definition) is 2. The fourth-order valence-corrected chi connectivity index (χ4v) is 1.43. The second-order valence-electron chi connectivity index (χ2n) is 4.46. The predicted molar refractivity (Wildman–Crippen MR) is 68.9 cm³/mol. The fourth-order valence-electron chi connectivity index (χ4n) is 1.43. The van der Waals surface area contributed by atoms with Crippen molar-refractivity contribution in [1.82, 2.24) is 5.32 Å². The average Bonchev–Trinajstić information content (AvgIpc) is 2.24. The van der Waals surface area contributed by atoms with Gasteiger partial charge in [-0.2, -0.15) is 0 Å². The largest absolute Gasteiger partial charge is 0.490 e. The molecule has 1 aromatic carbocycles. The Balaban J connectivity index is 2.49. The highest BCUT2D eigenvalue weighted by Gasteiger charge is 2.08. The summed E-state index contributed by atoms with van der Waals surface area (Å²) in [5.41, 5.74) is 6.70. The molecule has 18 heavy (non-hydrogen) atoms. The van der Waals surface area contributed by atoms with Crippen molar-refractivity contribution in [3.05, 3.63) is 23.5 Å². The Kier molecular flexibility index (Phi) is 4.95. The van der Waals surface area contributed by atoms with Gasteiger partial charge in [-0.1, -0.05) is 0 Å². The van der Waals surface area contributed by atoms with E-state index < -0.39 is 5.82 Å². The monoisotopic (exact) mass is 254 g/mol. The number of halogens is 1. The Morgan fingerprint density at radius 2 is 2.17 bits per heavy atom. The van der Waals surface area contributed by atoms with Crippen LogP contribution in [0.15, 0.2) is 12.1 Å². The van der Waals surface area contributed by atoms with Crippen molar-refractivity contribution in [3.8, 4) is 5.75 Å². The number of ether oxygens (including phenoxy) is 1. The number of benzene rings is 1. The topological polar surface area (TPSA) is 64.3 Å². The Morgan fingerprint density at radius 1 is 1.50 bits per heavy atom. The second-order valence-corrected chi connectivity index (χ2v) is 4.46. The van der Waals surface area contributed by atoms with E-state index in [1.807, 2.05) is 13.8 Å². The van der Waals surface area contributed by atoms with Crippen LogP contribution in [0.2, 0.25) is 0 Å². The molecular weight excluding hydrogens is 235 g/mol. The number of amides is 1. The summed E-state index contributed by atoms with van der Waals surface area (Å²) >= 11 is 0. The van der Waals surface area contributed by atoms with Gasteiger partial charge in [0.05, 0.1) is 13.0 Å². The van der Waals surface area contributed by atoms with Crippen LogP contribution in [0.5, 0.6) is 5.75 Å². The van der Waals surface area contributed by atoms with Gasteiger partial charge in [-0.05, 0) is 32.4 Å². The van der Waals surface area contributed by atoms with Crippen molar-refractivity contribution >= 4 is 11.6 Å². The standard InChI is InChI=1S/C13H19FN2O2/c1-8(2)16-13(17)4-5-18-12-6-9(3)11(15)7-10(12)14/h6-8H,4-5,15H2,1-3H3,(H,16,17). The molecule has 0 fully saturated rings. The van der Waals surface area contributed by atoms with Gasteiger partial charge in [0.1, 0.15) is 0 Å². The predicted octanol–water partition coefficient (Wildman–Crippen LogP) is 2.01. The normalized spacial score (nSPS) is 10.5. The molecule has 0 saturated carbocycles. The highest BCUT2D eigenvalue weighted by atomic mass is 19.1. The van der Waals surface area contributed by atoms with Crippen molar-refractivity contribution < 1.29 is 13.9 Å². The van der Waals surface area contributed by atoms with E-state index in [2.05, 4.69) is 5.32 Å². The first-order chi connectivity index (χ1) is 8.40. The zero-order valence-corrected chi connectivity index (χ0v) is 10.9. The Labute approximate surface area is 106 Å². The smallest absolute Gasteiger partial charge is 0.223 e. The number of rotatable bonds is 5. The number of aryl methyl sites for hydroxylation is 1. The lowest BCUT2D eigenvalue weighted by atomic mass is 10.2. The molecule has 0 aliphatic carbocycles. The van der Waals surface area contributed by atoms with Crippen molar-refractivity contribution in [3.63, 3.8) is 0 Å². The van der Waals surface area contributed by atoms with Gasteiger partial charge in [0.15, 0.2) is 11.6 Å². The first kappa shape index (κ1) is 14.3. The van der Waals surface area contributed by atoms with Crippen LogP contribution in [-0.2, 0) is 4.79 Å². The van der Waals surface area contributed by atoms with E-state index >= 15 is 0 Å². The molecule has 0 radical (unpaired) electrons. The minimum Gasteiger partial charge on any atom is -0.490 e. The van der Waals surface area contributed by atoms with Gasteiger partial charge in [0.2, 0.25) is 5.91 Å². The molecule has 0 aliphatic heterocycles. The molecule has 0 heterocycles. The molecule has 4 nitrogen and oxygen atoms in total. The molecule has 0 spiro atoms. The number of nitrogens with two attached hydrogens (primary N) is 1. The van der Waals surface area contributed by atoms with Crippen LogP contribution in [0.4, 0.5) is 10.1 Å². The van der Waals surface area contributed by atoms with Gasteiger partial charge in [-0.15, -0.1) is 0 Å². The molecule has 0 atom stereocenters. The van der Waals surface area contributed by atoms with Crippen LogP contribution < -0.4 is 15.8 Å². The van der Waals surface area contributed by atoms with Crippen LogP contribution >= 0.6 is 0 Å². The SMILES string of the molecule is Cc1cc(OCCC(=O)NC(C)C)c(F)cc1N. The highest BCUT2D eigenvalue weighted by molar-refractivity contribution is 5.76. The van der Waals surface area contributed by atoms with E-state index in [1.54, 1.807) is 6.92 Å². The molecule has 0 aromatic heterocycles. The molecular formula is C13H19FN2O2. The lowest BCUT2D eigenvalue weighted by Gasteiger charge is -2.11. The van der Waals surface area contributed by atoms with Crippen LogP contribution in [0.3, 0.4) is 0 Å². The van der Waals surface area contributed by atoms with E-state index in [9.17, 15) is 9.18 Å². The minimum absolute atomic E-state index is 0.0907. The van der Waals surface area contributed by atoms with Crippen LogP contribution in [0.1, 0.15) is 25.8 Å². The van der Waals surface area contributed by atoms with Crippen LogP contribution in [0.25, 0.3) is 0 Å². The summed E-state index contributed by atoms with van der Waals surface area (Å²) in [4.78, 5) is 11.3. The summed E-state index contributed by atoms with van der Waals surface area (Å²) in [5, 5.41) is 2.73. The maximum atomic E-state index is 13.5. The van der Waals surface area contributed by atoms with Crippen molar-refractivity contribution in [2.24, 2.45) is 0 Å². The van der Waals surface area contributed by atoms with E-state index in [0.29, 0.717) is 5.69 Å². The number of nitrogens with one attached hydrogen (secondary N) is 1. The second kappa shape index (κ2) is 6.23. The maximum absolute atomic E-state index is 13.5. The summed E-state index contributed by atoms with van der Waals surface area (Å²) in [6.07, 6.45) is 0.195. The van der Waals surface area contributed by atoms with E-state index in [-0.39, 0.29) is 30.7 Å². The molecule has 1 aromatic rings. The molecule has 1 rings (SSSR count). The first-order valence-electron chi connectivity index (χ1n) is 5.88. The maximum Gasteiger partial charge on any atom is 0.223 e. The summed E-state index contributed by atoms with van der Waals surface area (Å²) in [6, 6.07) is 2.84. The average molecular weight is 254 g/mol. The van der Waals surface area contributed by atoms with Gasteiger partial charge in [-0.25, -0.2) is 4.39 Å². The van der Waals surface area contributed by atoms with Gasteiger partial charge in [-0.3, -0.25) is 4.79 Å². The van der Waals surface area contributed by atoms with Crippen molar-refractivity contribution in [2.75, 3.05) is 12.3 Å². The Morgan fingerprint density at radius 3 is 2.78 bits per heavy atom. The molecule has 100 valence electrons. The van der Waals surface area contributed by atoms with E-state index in [1.165, 1.54) is 12.1 Å². The summed E-state index contributed by atoms with van der Waals surface area (Å²) in [5.74, 6) is -0.501. The third-order valence-electron chi connectivity index (χ3n) is 2.36. The molecule has 3 N–H and O–H groups in total. The molecule has 0 unspecified atom stereocenters. The van der Waals surface area contributed by atoms with Crippen LogP contribution in [0, 0.1) is 12.7 Å². The lowest BCUT2D eigenvalue weighted by molar-refractivity contribution is -0.122. The number of anilines is 1. The third-order valence-corrected chi connectivity index (χ3v) is 2.36. The number of carbonyl (C=O) groups excluding carboxylic acids is 1. The molecule has 1 amide bonds. The van der Waals surface area contributed by atoms with Gasteiger partial charge in [0, 0.05) is 17.8 Å². The third kappa shape index (κ3) is 4.24. The van der Waals surface area contributed by atoms with Crippen molar-refractivity contribution in [1.29, 1.82) is 0 Å². The summed E-state index contributed by atoms with van der Waals surface area (Å²) in [7, 11) is 0. The van der Waals surface area contributed by atoms with Crippen LogP contribution in [-0.4, -0.2) is 18.6 Å². The van der Waals surface area contributed by atoms with Gasteiger partial charge in [0.25, 0.3) is 0 Å². The zero-order chi connectivity index (χ0) is 13.7. The highest BCUT2D eigenvalue weighted by Crippen LogP contribution is 2.23. The zero-order valence-electron chi connectivity index (χ0n) is 10.9. The number of carbonyl (C=O) groups is 1. The number of hydrogen-bond acceptors (Lipinski definition) is 3. The first-order valence-corrected chi connectivity index (χ1v) is 5.88. The summed E-state index contributed by atoms with van der Waals surface area (Å²) in [6.45, 7) is 5.66. The molecule has 0 saturated heterocycles. The van der Waals surface area contributed by atoms with Gasteiger partial charge >= 0.3 is 0 Å². The molecule has 0 bridgehead atoms. The van der Waals surface area contributed by atoms with Crippen molar-refractivity contribution in [2.45, 2.75) is 33.2 Å². The summed E-state index contributed by atoms with van der Waals surface area (Å²) < 4.78 is 18.7. The Bertz CT molecular complexity index is 433. The van der Waals surface area contributed by atoms with Gasteiger partial charge < -0.3 is 15.8 Å². The molecule has 0 aliphatic rings. The van der Waals surface area contributed by atoms with E-state index in [4.69, 9.17) is 10.5 Å². The number of nitrogen functional groups attached to an aromatic ring is 1. The fraction of sp³-hybridized carbons (Fsp3) is 0.462.